The number of rotatable bonds is 5. The number of sulfonamides is 1. The van der Waals surface area contributed by atoms with Crippen molar-refractivity contribution in [2.75, 3.05) is 6.54 Å². The first kappa shape index (κ1) is 17.4. The molecule has 124 valence electrons. The predicted molar refractivity (Wildman–Crippen MR) is 85.9 cm³/mol. The van der Waals surface area contributed by atoms with Crippen LogP contribution in [0.5, 0.6) is 0 Å². The molecule has 1 saturated carbocycles. The summed E-state index contributed by atoms with van der Waals surface area (Å²) in [5.41, 5.74) is 0.0568. The third-order valence-corrected chi connectivity index (χ3v) is 5.64. The van der Waals surface area contributed by atoms with E-state index < -0.39 is 10.0 Å². The molecule has 2 rings (SSSR count). The number of carbonyl (C=O) groups is 1. The molecule has 6 nitrogen and oxygen atoms in total. The van der Waals surface area contributed by atoms with Gasteiger partial charge in [0.25, 0.3) is 0 Å². The zero-order valence-electron chi connectivity index (χ0n) is 13.1. The van der Waals surface area contributed by atoms with Gasteiger partial charge < -0.3 is 5.32 Å². The van der Waals surface area contributed by atoms with Gasteiger partial charge in [0, 0.05) is 6.04 Å². The van der Waals surface area contributed by atoms with E-state index in [9.17, 15) is 13.2 Å². The molecular weight excluding hydrogens is 314 g/mol. The Kier molecular flexibility index (Phi) is 5.74. The molecule has 23 heavy (non-hydrogen) atoms. The maximum absolute atomic E-state index is 12.2. The molecule has 2 N–H and O–H groups in total. The Balaban J connectivity index is 1.96. The van der Waals surface area contributed by atoms with Crippen molar-refractivity contribution in [3.8, 4) is 6.07 Å². The SMILES string of the molecule is C[C@H]1CCCC[C@@H]1NC(=O)CNS(=O)(=O)c1ccccc1C#N. The number of carbonyl (C=O) groups excluding carboxylic acids is 1. The van der Waals surface area contributed by atoms with Crippen molar-refractivity contribution >= 4 is 15.9 Å². The lowest BCUT2D eigenvalue weighted by molar-refractivity contribution is -0.121. The molecule has 0 radical (unpaired) electrons. The van der Waals surface area contributed by atoms with Crippen LogP contribution in [0.3, 0.4) is 0 Å². The molecule has 0 unspecified atom stereocenters. The lowest BCUT2D eigenvalue weighted by Gasteiger charge is -2.29. The van der Waals surface area contributed by atoms with Gasteiger partial charge in [-0.25, -0.2) is 13.1 Å². The molecule has 1 aliphatic carbocycles. The summed E-state index contributed by atoms with van der Waals surface area (Å²) in [5.74, 6) is 0.0605. The molecule has 1 aromatic carbocycles. The second kappa shape index (κ2) is 7.57. The van der Waals surface area contributed by atoms with E-state index in [-0.39, 0.29) is 29.0 Å². The highest BCUT2D eigenvalue weighted by Crippen LogP contribution is 2.23. The van der Waals surface area contributed by atoms with E-state index in [4.69, 9.17) is 5.26 Å². The van der Waals surface area contributed by atoms with Crippen molar-refractivity contribution in [2.45, 2.75) is 43.5 Å². The minimum absolute atomic E-state index is 0.0568. The Morgan fingerprint density at radius 1 is 1.30 bits per heavy atom. The average Bonchev–Trinajstić information content (AvgIpc) is 2.55. The third-order valence-electron chi connectivity index (χ3n) is 4.18. The summed E-state index contributed by atoms with van der Waals surface area (Å²) < 4.78 is 26.7. The molecule has 2 atom stereocenters. The van der Waals surface area contributed by atoms with Crippen LogP contribution in [-0.4, -0.2) is 26.9 Å². The second-order valence-electron chi connectivity index (χ2n) is 5.87. The van der Waals surface area contributed by atoms with Gasteiger partial charge in [0.05, 0.1) is 17.0 Å². The van der Waals surface area contributed by atoms with Crippen molar-refractivity contribution in [3.05, 3.63) is 29.8 Å². The topological polar surface area (TPSA) is 99.1 Å². The zero-order valence-corrected chi connectivity index (χ0v) is 13.9. The normalized spacial score (nSPS) is 21.4. The summed E-state index contributed by atoms with van der Waals surface area (Å²) in [6.45, 7) is 1.77. The van der Waals surface area contributed by atoms with Crippen molar-refractivity contribution in [1.82, 2.24) is 10.0 Å². The fourth-order valence-corrected chi connectivity index (χ4v) is 3.96. The van der Waals surface area contributed by atoms with E-state index >= 15 is 0 Å². The van der Waals surface area contributed by atoms with Crippen LogP contribution in [0.15, 0.2) is 29.2 Å². The first-order chi connectivity index (χ1) is 10.9. The van der Waals surface area contributed by atoms with Crippen LogP contribution in [0.1, 0.15) is 38.2 Å². The van der Waals surface area contributed by atoms with Gasteiger partial charge >= 0.3 is 0 Å². The monoisotopic (exact) mass is 335 g/mol. The molecule has 7 heteroatoms. The molecule has 1 aliphatic rings. The van der Waals surface area contributed by atoms with Gasteiger partial charge in [-0.2, -0.15) is 5.26 Å². The van der Waals surface area contributed by atoms with E-state index in [1.807, 2.05) is 6.07 Å². The molecular formula is C16H21N3O3S. The smallest absolute Gasteiger partial charge is 0.242 e. The Bertz CT molecular complexity index is 710. The summed E-state index contributed by atoms with van der Waals surface area (Å²) in [6, 6.07) is 7.86. The van der Waals surface area contributed by atoms with Crippen molar-refractivity contribution < 1.29 is 13.2 Å². The number of nitrogens with zero attached hydrogens (tertiary/aromatic N) is 1. The van der Waals surface area contributed by atoms with Gasteiger partial charge in [-0.05, 0) is 30.9 Å². The Hall–Kier alpha value is -1.91. The minimum Gasteiger partial charge on any atom is -0.352 e. The highest BCUT2D eigenvalue weighted by atomic mass is 32.2. The number of nitriles is 1. The second-order valence-corrected chi connectivity index (χ2v) is 7.60. The predicted octanol–water partition coefficient (Wildman–Crippen LogP) is 1.53. The molecule has 0 saturated heterocycles. The van der Waals surface area contributed by atoms with Gasteiger partial charge in [0.2, 0.25) is 15.9 Å². The third kappa shape index (κ3) is 4.53. The molecule has 0 aromatic heterocycles. The van der Waals surface area contributed by atoms with E-state index in [1.165, 1.54) is 18.6 Å². The maximum Gasteiger partial charge on any atom is 0.242 e. The quantitative estimate of drug-likeness (QED) is 0.852. The molecule has 1 amide bonds. The number of nitrogens with one attached hydrogen (secondary N) is 2. The van der Waals surface area contributed by atoms with Crippen LogP contribution < -0.4 is 10.0 Å². The van der Waals surface area contributed by atoms with E-state index in [0.717, 1.165) is 19.3 Å². The van der Waals surface area contributed by atoms with Gasteiger partial charge in [-0.15, -0.1) is 0 Å². The molecule has 1 aromatic rings. The van der Waals surface area contributed by atoms with Crippen LogP contribution in [0.2, 0.25) is 0 Å². The molecule has 1 fully saturated rings. The van der Waals surface area contributed by atoms with E-state index in [1.54, 1.807) is 12.1 Å². The molecule has 0 spiro atoms. The van der Waals surface area contributed by atoms with Crippen LogP contribution >= 0.6 is 0 Å². The number of benzene rings is 1. The van der Waals surface area contributed by atoms with Crippen LogP contribution in [0.25, 0.3) is 0 Å². The van der Waals surface area contributed by atoms with Crippen LogP contribution in [0, 0.1) is 17.2 Å². The highest BCUT2D eigenvalue weighted by Gasteiger charge is 2.24. The first-order valence-corrected chi connectivity index (χ1v) is 9.20. The van der Waals surface area contributed by atoms with Crippen LogP contribution in [-0.2, 0) is 14.8 Å². The average molecular weight is 335 g/mol. The van der Waals surface area contributed by atoms with Gasteiger partial charge in [0.15, 0.2) is 0 Å². The van der Waals surface area contributed by atoms with Gasteiger partial charge in [0.1, 0.15) is 6.07 Å². The molecule has 0 aliphatic heterocycles. The Morgan fingerprint density at radius 2 is 2.00 bits per heavy atom. The maximum atomic E-state index is 12.2. The lowest BCUT2D eigenvalue weighted by Crippen LogP contribution is -2.45. The van der Waals surface area contributed by atoms with Crippen molar-refractivity contribution in [1.29, 1.82) is 5.26 Å². The van der Waals surface area contributed by atoms with Crippen molar-refractivity contribution in [3.63, 3.8) is 0 Å². The van der Waals surface area contributed by atoms with Crippen molar-refractivity contribution in [2.24, 2.45) is 5.92 Å². The number of amides is 1. The fourth-order valence-electron chi connectivity index (χ4n) is 2.82. The molecule has 0 bridgehead atoms. The van der Waals surface area contributed by atoms with Crippen LogP contribution in [0.4, 0.5) is 0 Å². The number of hydrogen-bond acceptors (Lipinski definition) is 4. The van der Waals surface area contributed by atoms with E-state index in [0.29, 0.717) is 5.92 Å². The summed E-state index contributed by atoms with van der Waals surface area (Å²) in [4.78, 5) is 11.9. The highest BCUT2D eigenvalue weighted by molar-refractivity contribution is 7.89. The van der Waals surface area contributed by atoms with Gasteiger partial charge in [-0.3, -0.25) is 4.79 Å². The summed E-state index contributed by atoms with van der Waals surface area (Å²) in [5, 5.41) is 11.9. The first-order valence-electron chi connectivity index (χ1n) is 7.72. The van der Waals surface area contributed by atoms with Gasteiger partial charge in [-0.1, -0.05) is 31.9 Å². The summed E-state index contributed by atoms with van der Waals surface area (Å²) >= 11 is 0. The van der Waals surface area contributed by atoms with E-state index in [2.05, 4.69) is 17.0 Å². The molecule has 0 heterocycles. The standard InChI is InChI=1S/C16H21N3O3S/c1-12-6-2-4-8-14(12)19-16(20)11-18-23(21,22)15-9-5-3-7-13(15)10-17/h3,5,7,9,12,14,18H,2,4,6,8,11H2,1H3,(H,19,20)/t12-,14-/m0/s1. The fraction of sp³-hybridized carbons (Fsp3) is 0.500. The number of hydrogen-bond donors (Lipinski definition) is 2. The Morgan fingerprint density at radius 3 is 2.70 bits per heavy atom. The minimum atomic E-state index is -3.89. The lowest BCUT2D eigenvalue weighted by atomic mass is 9.86. The Labute approximate surface area is 136 Å². The zero-order chi connectivity index (χ0) is 16.9. The largest absolute Gasteiger partial charge is 0.352 e. The summed E-state index contributed by atoms with van der Waals surface area (Å²) in [6.07, 6.45) is 4.25. The summed E-state index contributed by atoms with van der Waals surface area (Å²) in [7, 11) is -3.89.